The van der Waals surface area contributed by atoms with Crippen LogP contribution in [0.2, 0.25) is 0 Å². The minimum atomic E-state index is -0.280. The van der Waals surface area contributed by atoms with Gasteiger partial charge in [0, 0.05) is 6.54 Å². The van der Waals surface area contributed by atoms with Gasteiger partial charge in [-0.3, -0.25) is 0 Å². The smallest absolute Gasteiger partial charge is 0.346 e. The summed E-state index contributed by atoms with van der Waals surface area (Å²) in [6, 6.07) is 5.13. The van der Waals surface area contributed by atoms with Crippen molar-refractivity contribution in [1.82, 2.24) is 4.90 Å². The Morgan fingerprint density at radius 2 is 2.10 bits per heavy atom. The van der Waals surface area contributed by atoms with E-state index < -0.39 is 0 Å². The van der Waals surface area contributed by atoms with Gasteiger partial charge in [0.1, 0.15) is 11.9 Å². The molecule has 1 aliphatic carbocycles. The molecular formula is C14H15N3O3. The lowest BCUT2D eigenvalue weighted by Crippen LogP contribution is -2.34. The van der Waals surface area contributed by atoms with Gasteiger partial charge >= 0.3 is 6.03 Å². The van der Waals surface area contributed by atoms with E-state index in [0.29, 0.717) is 17.5 Å². The standard InChI is InChI=1S/C14H15N3O3/c15-13-12(17(14(18)16-13)6-8-1-2-8)9-3-4-10-11(5-9)20-7-19-10/h3-5,8,12H,1-2,6-7H2,(H2,15,16,18). The van der Waals surface area contributed by atoms with Gasteiger partial charge in [-0.1, -0.05) is 6.07 Å². The highest BCUT2D eigenvalue weighted by Gasteiger charge is 2.38. The molecular weight excluding hydrogens is 258 g/mol. The first-order chi connectivity index (χ1) is 9.72. The van der Waals surface area contributed by atoms with Crippen LogP contribution in [-0.4, -0.2) is 30.1 Å². The minimum Gasteiger partial charge on any atom is -0.454 e. The van der Waals surface area contributed by atoms with Crippen molar-refractivity contribution in [1.29, 1.82) is 0 Å². The third kappa shape index (κ3) is 1.79. The van der Waals surface area contributed by atoms with Crippen molar-refractivity contribution < 1.29 is 14.3 Å². The number of aliphatic imine (C=N–C) groups is 1. The van der Waals surface area contributed by atoms with Crippen LogP contribution < -0.4 is 15.2 Å². The molecule has 2 aliphatic heterocycles. The molecule has 1 fully saturated rings. The first-order valence-electron chi connectivity index (χ1n) is 6.76. The summed E-state index contributed by atoms with van der Waals surface area (Å²) in [5, 5.41) is 0. The summed E-state index contributed by atoms with van der Waals surface area (Å²) in [5.41, 5.74) is 6.87. The second kappa shape index (κ2) is 4.13. The molecule has 4 rings (SSSR count). The van der Waals surface area contributed by atoms with Crippen molar-refractivity contribution >= 4 is 11.9 Å². The number of hydrogen-bond acceptors (Lipinski definition) is 4. The molecule has 0 aromatic heterocycles. The van der Waals surface area contributed by atoms with Gasteiger partial charge in [0.25, 0.3) is 0 Å². The van der Waals surface area contributed by atoms with Gasteiger partial charge in [0.05, 0.1) is 0 Å². The third-order valence-electron chi connectivity index (χ3n) is 3.93. The van der Waals surface area contributed by atoms with Gasteiger partial charge in [-0.2, -0.15) is 4.99 Å². The van der Waals surface area contributed by atoms with E-state index in [4.69, 9.17) is 15.2 Å². The Bertz CT molecular complexity index is 610. The number of nitrogens with two attached hydrogens (primary N) is 1. The van der Waals surface area contributed by atoms with E-state index in [1.807, 2.05) is 18.2 Å². The number of benzene rings is 1. The Morgan fingerprint density at radius 1 is 1.30 bits per heavy atom. The predicted octanol–water partition coefficient (Wildman–Crippen LogP) is 1.66. The molecule has 2 heterocycles. The molecule has 1 saturated carbocycles. The second-order valence-corrected chi connectivity index (χ2v) is 5.43. The Balaban J connectivity index is 1.67. The monoisotopic (exact) mass is 273 g/mol. The second-order valence-electron chi connectivity index (χ2n) is 5.43. The van der Waals surface area contributed by atoms with Crippen LogP contribution in [0.4, 0.5) is 4.79 Å². The van der Waals surface area contributed by atoms with Crippen molar-refractivity contribution in [2.75, 3.05) is 13.3 Å². The zero-order chi connectivity index (χ0) is 13.7. The fraction of sp³-hybridized carbons (Fsp3) is 0.429. The van der Waals surface area contributed by atoms with Gasteiger partial charge in [-0.15, -0.1) is 0 Å². The summed E-state index contributed by atoms with van der Waals surface area (Å²) >= 11 is 0. The quantitative estimate of drug-likeness (QED) is 0.908. The predicted molar refractivity (Wildman–Crippen MR) is 71.8 cm³/mol. The Morgan fingerprint density at radius 3 is 2.90 bits per heavy atom. The molecule has 0 radical (unpaired) electrons. The van der Waals surface area contributed by atoms with Crippen LogP contribution in [0.15, 0.2) is 23.2 Å². The lowest BCUT2D eigenvalue weighted by Gasteiger charge is -2.24. The molecule has 6 nitrogen and oxygen atoms in total. The molecule has 1 unspecified atom stereocenters. The molecule has 6 heteroatoms. The number of rotatable bonds is 3. The molecule has 0 saturated heterocycles. The molecule has 2 amide bonds. The van der Waals surface area contributed by atoms with Gasteiger partial charge in [0.2, 0.25) is 6.79 Å². The molecule has 20 heavy (non-hydrogen) atoms. The van der Waals surface area contributed by atoms with E-state index >= 15 is 0 Å². The van der Waals surface area contributed by atoms with Gasteiger partial charge in [0.15, 0.2) is 11.5 Å². The summed E-state index contributed by atoms with van der Waals surface area (Å²) in [5.74, 6) is 2.37. The van der Waals surface area contributed by atoms with E-state index in [1.165, 1.54) is 12.8 Å². The molecule has 2 N–H and O–H groups in total. The van der Waals surface area contributed by atoms with Crippen LogP contribution >= 0.6 is 0 Å². The van der Waals surface area contributed by atoms with Gasteiger partial charge < -0.3 is 20.1 Å². The number of amides is 2. The van der Waals surface area contributed by atoms with Crippen molar-refractivity contribution in [3.63, 3.8) is 0 Å². The molecule has 104 valence electrons. The molecule has 1 aromatic carbocycles. The molecule has 1 aromatic rings. The molecule has 3 aliphatic rings. The lowest BCUT2D eigenvalue weighted by atomic mass is 10.0. The maximum atomic E-state index is 12.0. The normalized spacial score (nSPS) is 24.2. The molecule has 0 spiro atoms. The highest BCUT2D eigenvalue weighted by Crippen LogP contribution is 2.39. The topological polar surface area (TPSA) is 77.2 Å². The van der Waals surface area contributed by atoms with E-state index in [-0.39, 0.29) is 18.9 Å². The van der Waals surface area contributed by atoms with Crippen LogP contribution in [0, 0.1) is 5.92 Å². The number of carbonyl (C=O) groups excluding carboxylic acids is 1. The first kappa shape index (κ1) is 11.6. The van der Waals surface area contributed by atoms with E-state index in [9.17, 15) is 4.79 Å². The van der Waals surface area contributed by atoms with Crippen LogP contribution in [0.5, 0.6) is 11.5 Å². The third-order valence-corrected chi connectivity index (χ3v) is 3.93. The Labute approximate surface area is 116 Å². The number of fused-ring (bicyclic) bond motifs is 1. The van der Waals surface area contributed by atoms with Crippen molar-refractivity contribution in [2.24, 2.45) is 16.6 Å². The van der Waals surface area contributed by atoms with Crippen molar-refractivity contribution in [3.05, 3.63) is 23.8 Å². The van der Waals surface area contributed by atoms with E-state index in [0.717, 1.165) is 17.9 Å². The summed E-state index contributed by atoms with van der Waals surface area (Å²) < 4.78 is 10.7. The number of amidine groups is 1. The fourth-order valence-electron chi connectivity index (χ4n) is 2.70. The van der Waals surface area contributed by atoms with Crippen LogP contribution in [0.3, 0.4) is 0 Å². The SMILES string of the molecule is NC1=NC(=O)N(CC2CC2)C1c1ccc2c(c1)OCO2. The summed E-state index contributed by atoms with van der Waals surface area (Å²) in [6.45, 7) is 0.958. The highest BCUT2D eigenvalue weighted by atomic mass is 16.7. The van der Waals surface area contributed by atoms with E-state index in [2.05, 4.69) is 4.99 Å². The summed E-state index contributed by atoms with van der Waals surface area (Å²) in [7, 11) is 0. The van der Waals surface area contributed by atoms with E-state index in [1.54, 1.807) is 4.90 Å². The van der Waals surface area contributed by atoms with Gasteiger partial charge in [-0.05, 0) is 36.5 Å². The average molecular weight is 273 g/mol. The number of urea groups is 1. The Hall–Kier alpha value is -2.24. The maximum Gasteiger partial charge on any atom is 0.346 e. The zero-order valence-electron chi connectivity index (χ0n) is 10.9. The number of ether oxygens (including phenoxy) is 2. The minimum absolute atomic E-state index is 0.234. The van der Waals surface area contributed by atoms with Crippen molar-refractivity contribution in [3.8, 4) is 11.5 Å². The summed E-state index contributed by atoms with van der Waals surface area (Å²) in [6.07, 6.45) is 2.36. The first-order valence-corrected chi connectivity index (χ1v) is 6.76. The van der Waals surface area contributed by atoms with Crippen LogP contribution in [0.25, 0.3) is 0 Å². The number of nitrogens with zero attached hydrogens (tertiary/aromatic N) is 2. The van der Waals surface area contributed by atoms with Crippen LogP contribution in [-0.2, 0) is 0 Å². The summed E-state index contributed by atoms with van der Waals surface area (Å²) in [4.78, 5) is 17.6. The maximum absolute atomic E-state index is 12.0. The average Bonchev–Trinajstić information content (AvgIpc) is 3.04. The van der Waals surface area contributed by atoms with Crippen LogP contribution in [0.1, 0.15) is 24.4 Å². The number of hydrogen-bond donors (Lipinski definition) is 1. The largest absolute Gasteiger partial charge is 0.454 e. The molecule has 1 atom stereocenters. The number of carbonyl (C=O) groups is 1. The zero-order valence-corrected chi connectivity index (χ0v) is 10.9. The van der Waals surface area contributed by atoms with Crippen molar-refractivity contribution in [2.45, 2.75) is 18.9 Å². The Kier molecular flexibility index (Phi) is 2.39. The highest BCUT2D eigenvalue weighted by molar-refractivity contribution is 6.03. The fourth-order valence-corrected chi connectivity index (χ4v) is 2.70. The lowest BCUT2D eigenvalue weighted by molar-refractivity contribution is 0.174. The molecule has 0 bridgehead atoms. The van der Waals surface area contributed by atoms with Gasteiger partial charge in [-0.25, -0.2) is 4.79 Å².